The minimum absolute atomic E-state index is 1.13. The first kappa shape index (κ1) is 29.6. The average molecular weight is 605 g/mol. The molecule has 0 saturated heterocycles. The Labute approximate surface area is 278 Å². The zero-order valence-corrected chi connectivity index (χ0v) is 26.4. The Morgan fingerprint density at radius 3 is 1.15 bits per heavy atom. The van der Waals surface area contributed by atoms with Gasteiger partial charge in [0.1, 0.15) is 0 Å². The molecular weight excluding hydrogens is 569 g/mol. The quantitative estimate of drug-likeness (QED) is 0.151. The summed E-state index contributed by atoms with van der Waals surface area (Å²) >= 11 is 0. The van der Waals surface area contributed by atoms with Crippen LogP contribution in [0.5, 0.6) is 0 Å². The third kappa shape index (κ3) is 6.78. The number of nitrogens with zero attached hydrogens (tertiary/aromatic N) is 2. The van der Waals surface area contributed by atoms with E-state index in [1.165, 1.54) is 27.9 Å². The molecule has 0 N–H and O–H groups in total. The highest BCUT2D eigenvalue weighted by Crippen LogP contribution is 2.37. The standard InChI is InChI=1S/C45H36N2/c1-35-13-11-12-20-45(35)47(42-18-9-4-10-19-42)44-33-29-39(30-34-44)38-27-23-36(24-28-38)21-22-37-25-31-43(32-26-37)46(40-14-5-2-6-15-40)41-16-7-3-8-17-41/h2-34H,1H3. The van der Waals surface area contributed by atoms with Crippen molar-refractivity contribution >= 4 is 46.3 Å². The summed E-state index contributed by atoms with van der Waals surface area (Å²) in [5.74, 6) is 0. The predicted molar refractivity (Wildman–Crippen MR) is 201 cm³/mol. The van der Waals surface area contributed by atoms with Crippen molar-refractivity contribution in [3.05, 3.63) is 205 Å². The molecule has 0 bridgehead atoms. The zero-order valence-electron chi connectivity index (χ0n) is 26.4. The van der Waals surface area contributed by atoms with Crippen molar-refractivity contribution in [1.82, 2.24) is 0 Å². The SMILES string of the molecule is Cc1ccccc1N(c1ccccc1)c1ccc(-c2ccc(C=Cc3ccc(N(c4ccccc4)c4ccccc4)cc3)cc2)cc1. The zero-order chi connectivity index (χ0) is 31.8. The van der Waals surface area contributed by atoms with E-state index in [9.17, 15) is 0 Å². The third-order valence-electron chi connectivity index (χ3n) is 8.39. The molecule has 0 aromatic heterocycles. The summed E-state index contributed by atoms with van der Waals surface area (Å²) in [4.78, 5) is 4.60. The van der Waals surface area contributed by atoms with Gasteiger partial charge in [-0.25, -0.2) is 0 Å². The van der Waals surface area contributed by atoms with E-state index in [0.29, 0.717) is 0 Å². The van der Waals surface area contributed by atoms with Crippen LogP contribution in [-0.2, 0) is 0 Å². The van der Waals surface area contributed by atoms with Crippen molar-refractivity contribution in [2.75, 3.05) is 9.80 Å². The molecule has 0 aliphatic heterocycles. The Morgan fingerprint density at radius 2 is 0.660 bits per heavy atom. The first-order valence-corrected chi connectivity index (χ1v) is 16.0. The van der Waals surface area contributed by atoms with Gasteiger partial charge in [0.25, 0.3) is 0 Å². The Balaban J connectivity index is 1.07. The largest absolute Gasteiger partial charge is 0.311 e. The van der Waals surface area contributed by atoms with Gasteiger partial charge in [-0.3, -0.25) is 0 Å². The van der Waals surface area contributed by atoms with Crippen molar-refractivity contribution in [2.45, 2.75) is 6.92 Å². The van der Waals surface area contributed by atoms with Crippen LogP contribution in [0.3, 0.4) is 0 Å². The Morgan fingerprint density at radius 1 is 0.319 bits per heavy atom. The Kier molecular flexibility index (Phi) is 8.74. The number of hydrogen-bond acceptors (Lipinski definition) is 2. The number of anilines is 6. The van der Waals surface area contributed by atoms with Crippen molar-refractivity contribution < 1.29 is 0 Å². The van der Waals surface area contributed by atoms with E-state index < -0.39 is 0 Å². The smallest absolute Gasteiger partial charge is 0.0490 e. The molecule has 2 heteroatoms. The predicted octanol–water partition coefficient (Wildman–Crippen LogP) is 12.8. The summed E-state index contributed by atoms with van der Waals surface area (Å²) in [6.07, 6.45) is 4.35. The molecule has 0 amide bonds. The van der Waals surface area contributed by atoms with E-state index in [2.05, 4.69) is 217 Å². The highest BCUT2D eigenvalue weighted by Gasteiger charge is 2.14. The number of aryl methyl sites for hydroxylation is 1. The maximum Gasteiger partial charge on any atom is 0.0490 e. The number of para-hydroxylation sites is 4. The van der Waals surface area contributed by atoms with Crippen LogP contribution in [0.15, 0.2) is 188 Å². The van der Waals surface area contributed by atoms with Crippen LogP contribution in [0.4, 0.5) is 34.1 Å². The van der Waals surface area contributed by atoms with Gasteiger partial charge in [-0.15, -0.1) is 0 Å². The average Bonchev–Trinajstić information content (AvgIpc) is 3.14. The molecule has 7 rings (SSSR count). The molecule has 0 heterocycles. The van der Waals surface area contributed by atoms with E-state index >= 15 is 0 Å². The molecule has 47 heavy (non-hydrogen) atoms. The van der Waals surface area contributed by atoms with Crippen molar-refractivity contribution in [2.24, 2.45) is 0 Å². The first-order valence-electron chi connectivity index (χ1n) is 16.0. The maximum absolute atomic E-state index is 2.32. The van der Waals surface area contributed by atoms with Gasteiger partial charge in [0.15, 0.2) is 0 Å². The topological polar surface area (TPSA) is 6.48 Å². The van der Waals surface area contributed by atoms with Gasteiger partial charge < -0.3 is 9.80 Å². The van der Waals surface area contributed by atoms with Crippen molar-refractivity contribution in [1.29, 1.82) is 0 Å². The monoisotopic (exact) mass is 604 g/mol. The lowest BCUT2D eigenvalue weighted by molar-refractivity contribution is 1.25. The van der Waals surface area contributed by atoms with Gasteiger partial charge in [0, 0.05) is 34.1 Å². The van der Waals surface area contributed by atoms with Gasteiger partial charge in [-0.05, 0) is 101 Å². The second-order valence-electron chi connectivity index (χ2n) is 11.6. The fourth-order valence-corrected chi connectivity index (χ4v) is 5.94. The summed E-state index contributed by atoms with van der Waals surface area (Å²) < 4.78 is 0. The molecule has 0 unspecified atom stereocenters. The Bertz CT molecular complexity index is 2010. The maximum atomic E-state index is 2.32. The molecule has 0 aliphatic rings. The summed E-state index contributed by atoms with van der Waals surface area (Å²) in [6, 6.07) is 66.4. The highest BCUT2D eigenvalue weighted by molar-refractivity contribution is 5.81. The first-order chi connectivity index (χ1) is 23.2. The van der Waals surface area contributed by atoms with E-state index in [1.807, 2.05) is 0 Å². The molecule has 0 radical (unpaired) electrons. The lowest BCUT2D eigenvalue weighted by Crippen LogP contribution is -2.11. The molecule has 0 aliphatic carbocycles. The van der Waals surface area contributed by atoms with Crippen LogP contribution < -0.4 is 9.80 Å². The number of hydrogen-bond donors (Lipinski definition) is 0. The van der Waals surface area contributed by atoms with Gasteiger partial charge in [0.05, 0.1) is 0 Å². The summed E-state index contributed by atoms with van der Waals surface area (Å²) in [5.41, 5.74) is 12.8. The van der Waals surface area contributed by atoms with Crippen LogP contribution >= 0.6 is 0 Å². The second kappa shape index (κ2) is 13.9. The molecule has 0 saturated carbocycles. The Hall–Kier alpha value is -6.12. The minimum Gasteiger partial charge on any atom is -0.311 e. The van der Waals surface area contributed by atoms with Crippen LogP contribution in [0.2, 0.25) is 0 Å². The molecule has 0 atom stereocenters. The van der Waals surface area contributed by atoms with Gasteiger partial charge >= 0.3 is 0 Å². The lowest BCUT2D eigenvalue weighted by Gasteiger charge is -2.27. The number of rotatable bonds is 9. The molecule has 0 fully saturated rings. The van der Waals surface area contributed by atoms with Gasteiger partial charge in [-0.1, -0.05) is 133 Å². The number of benzene rings is 7. The normalized spacial score (nSPS) is 11.0. The molecule has 7 aromatic rings. The van der Waals surface area contributed by atoms with Gasteiger partial charge in [-0.2, -0.15) is 0 Å². The van der Waals surface area contributed by atoms with E-state index in [0.717, 1.165) is 34.0 Å². The fraction of sp³-hybridized carbons (Fsp3) is 0.0222. The van der Waals surface area contributed by atoms with Crippen molar-refractivity contribution in [3.63, 3.8) is 0 Å². The second-order valence-corrected chi connectivity index (χ2v) is 11.6. The summed E-state index contributed by atoms with van der Waals surface area (Å²) in [7, 11) is 0. The van der Waals surface area contributed by atoms with E-state index in [4.69, 9.17) is 0 Å². The van der Waals surface area contributed by atoms with Crippen LogP contribution in [0, 0.1) is 6.92 Å². The molecule has 0 spiro atoms. The summed E-state index contributed by atoms with van der Waals surface area (Å²) in [5, 5.41) is 0. The van der Waals surface area contributed by atoms with Crippen LogP contribution in [-0.4, -0.2) is 0 Å². The minimum atomic E-state index is 1.13. The fourth-order valence-electron chi connectivity index (χ4n) is 5.94. The van der Waals surface area contributed by atoms with Gasteiger partial charge in [0.2, 0.25) is 0 Å². The van der Waals surface area contributed by atoms with Crippen LogP contribution in [0.1, 0.15) is 16.7 Å². The van der Waals surface area contributed by atoms with E-state index in [1.54, 1.807) is 0 Å². The molecule has 226 valence electrons. The molecular formula is C45H36N2. The molecule has 7 aromatic carbocycles. The van der Waals surface area contributed by atoms with Crippen LogP contribution in [0.25, 0.3) is 23.3 Å². The molecule has 2 nitrogen and oxygen atoms in total. The summed E-state index contributed by atoms with van der Waals surface area (Å²) in [6.45, 7) is 2.16. The van der Waals surface area contributed by atoms with E-state index in [-0.39, 0.29) is 0 Å². The van der Waals surface area contributed by atoms with Crippen molar-refractivity contribution in [3.8, 4) is 11.1 Å². The highest BCUT2D eigenvalue weighted by atomic mass is 15.1. The third-order valence-corrected chi connectivity index (χ3v) is 8.39. The lowest BCUT2D eigenvalue weighted by atomic mass is 10.0.